The number of aliphatic hydroxyl groups excluding tert-OH is 2. The van der Waals surface area contributed by atoms with Crippen molar-refractivity contribution in [3.05, 3.63) is 45.6 Å². The van der Waals surface area contributed by atoms with Crippen molar-refractivity contribution in [3.63, 3.8) is 0 Å². The number of phenols is 2. The summed E-state index contributed by atoms with van der Waals surface area (Å²) in [6, 6.07) is 0.711. The number of hydrogen-bond donors (Lipinski definition) is 5. The van der Waals surface area contributed by atoms with Gasteiger partial charge in [-0.15, -0.1) is 0 Å². The van der Waals surface area contributed by atoms with Crippen LogP contribution in [0, 0.1) is 30.6 Å². The van der Waals surface area contributed by atoms with Crippen molar-refractivity contribution in [1.82, 2.24) is 4.90 Å². The lowest BCUT2D eigenvalue weighted by molar-refractivity contribution is -0.114. The number of carbonyl (C=O) groups excluding carboxylic acids is 2. The van der Waals surface area contributed by atoms with E-state index in [1.165, 1.54) is 7.11 Å². The van der Waals surface area contributed by atoms with Crippen LogP contribution in [0.15, 0.2) is 33.8 Å². The van der Waals surface area contributed by atoms with Crippen molar-refractivity contribution in [1.29, 1.82) is 0 Å². The van der Waals surface area contributed by atoms with Gasteiger partial charge in [0.1, 0.15) is 22.2 Å². The summed E-state index contributed by atoms with van der Waals surface area (Å²) in [6.45, 7) is 12.0. The van der Waals surface area contributed by atoms with E-state index in [1.807, 2.05) is 33.8 Å². The second kappa shape index (κ2) is 17.1. The number of aromatic hydroxyl groups is 2. The molecule has 11 nitrogen and oxygen atoms in total. The van der Waals surface area contributed by atoms with Gasteiger partial charge in [-0.3, -0.25) is 14.6 Å². The number of nitrogens with zero attached hydrogens (tertiary/aromatic N) is 3. The largest absolute Gasteiger partial charge is 0.507 e. The number of ether oxygens (including phenoxy) is 1. The Morgan fingerprint density at radius 1 is 0.887 bits per heavy atom. The molecule has 4 bridgehead atoms. The lowest BCUT2D eigenvalue weighted by atomic mass is 9.80. The average molecular weight is 733 g/mol. The number of ketones is 1. The summed E-state index contributed by atoms with van der Waals surface area (Å²) < 4.78 is 5.83. The van der Waals surface area contributed by atoms with Crippen molar-refractivity contribution < 1.29 is 34.8 Å². The molecule has 2 aromatic carbocycles. The highest BCUT2D eigenvalue weighted by molar-refractivity contribution is 6.18. The highest BCUT2D eigenvalue weighted by atomic mass is 16.5. The van der Waals surface area contributed by atoms with Crippen molar-refractivity contribution in [3.8, 4) is 17.2 Å². The molecule has 0 aliphatic carbocycles. The molecule has 3 heterocycles. The number of rotatable bonds is 1. The van der Waals surface area contributed by atoms with E-state index in [4.69, 9.17) is 9.73 Å². The Morgan fingerprint density at radius 3 is 2.26 bits per heavy atom. The molecule has 11 heteroatoms. The first-order valence-electron chi connectivity index (χ1n) is 19.4. The predicted molar refractivity (Wildman–Crippen MR) is 207 cm³/mol. The predicted octanol–water partition coefficient (Wildman–Crippen LogP) is 5.53. The van der Waals surface area contributed by atoms with Gasteiger partial charge in [0.2, 0.25) is 0 Å². The zero-order chi connectivity index (χ0) is 38.7. The van der Waals surface area contributed by atoms with Crippen molar-refractivity contribution in [2.45, 2.75) is 117 Å². The summed E-state index contributed by atoms with van der Waals surface area (Å²) in [5.41, 5.74) is 1.23. The molecule has 5 rings (SSSR count). The monoisotopic (exact) mass is 732 g/mol. The quantitative estimate of drug-likeness (QED) is 0.237. The van der Waals surface area contributed by atoms with E-state index < -0.39 is 23.9 Å². The Labute approximate surface area is 313 Å². The Bertz CT molecular complexity index is 1890. The van der Waals surface area contributed by atoms with E-state index >= 15 is 0 Å². The van der Waals surface area contributed by atoms with Crippen LogP contribution < -0.4 is 20.8 Å². The van der Waals surface area contributed by atoms with Gasteiger partial charge in [0, 0.05) is 54.0 Å². The van der Waals surface area contributed by atoms with Crippen molar-refractivity contribution >= 4 is 28.2 Å². The molecule has 2 aromatic rings. The number of aliphatic hydroxyl groups is 2. The molecular weight excluding hydrogens is 672 g/mol. The van der Waals surface area contributed by atoms with E-state index in [0.717, 1.165) is 25.7 Å². The highest BCUT2D eigenvalue weighted by Crippen LogP contribution is 2.45. The van der Waals surface area contributed by atoms with E-state index in [2.05, 4.69) is 22.3 Å². The van der Waals surface area contributed by atoms with Gasteiger partial charge in [-0.2, -0.15) is 0 Å². The zero-order valence-corrected chi connectivity index (χ0v) is 32.8. The molecule has 3 aliphatic heterocycles. The maximum absolute atomic E-state index is 14.5. The molecule has 0 spiro atoms. The van der Waals surface area contributed by atoms with Gasteiger partial charge in [0.25, 0.3) is 5.91 Å². The van der Waals surface area contributed by atoms with E-state index in [-0.39, 0.29) is 80.0 Å². The third kappa shape index (κ3) is 8.32. The third-order valence-corrected chi connectivity index (χ3v) is 12.2. The number of nitrogens with one attached hydrogen (secondary N) is 1. The van der Waals surface area contributed by atoms with Crippen LogP contribution in [0.5, 0.6) is 17.2 Å². The molecule has 0 saturated carbocycles. The molecule has 0 unspecified atom stereocenters. The van der Waals surface area contributed by atoms with E-state index in [1.54, 1.807) is 26.0 Å². The first kappa shape index (κ1) is 40.4. The fourth-order valence-electron chi connectivity index (χ4n) is 8.79. The average Bonchev–Trinajstić information content (AvgIpc) is 3.46. The number of Topliss-reactive ketones (excluding diaryl/α,β-unsaturated/α-hetero) is 1. The molecular formula is C42H60N4O7. The number of allylic oxidation sites excluding steroid dienone is 3. The SMILES string of the molecule is COc1c(C)c(O)c2c(O)c3c4c(c2c1C(=O)CCC[C@@H](C)[C@@H](O)[C@H](C)[C@H](O)[C@H](C)C[C@@H](C)/C=C/C=C(/C)C(=O)N=3)NCC[C@H]1CC[C@@H](CCN=4)N1C. The fraction of sp³-hybridized carbons (Fsp3) is 0.619. The molecule has 1 fully saturated rings. The van der Waals surface area contributed by atoms with Crippen LogP contribution in [0.4, 0.5) is 5.69 Å². The van der Waals surface area contributed by atoms with E-state index in [9.17, 15) is 30.0 Å². The lowest BCUT2D eigenvalue weighted by Crippen LogP contribution is -2.38. The van der Waals surface area contributed by atoms with Crippen LogP contribution in [0.1, 0.15) is 102 Å². The topological polar surface area (TPSA) is 164 Å². The smallest absolute Gasteiger partial charge is 0.273 e. The van der Waals surface area contributed by atoms with Gasteiger partial charge in [-0.25, -0.2) is 4.99 Å². The molecule has 8 atom stereocenters. The fourth-order valence-corrected chi connectivity index (χ4v) is 8.79. The molecule has 0 radical (unpaired) electrons. The molecule has 1 amide bonds. The van der Waals surface area contributed by atoms with Gasteiger partial charge in [0.15, 0.2) is 11.5 Å². The number of anilines is 1. The molecule has 0 aromatic heterocycles. The molecule has 53 heavy (non-hydrogen) atoms. The summed E-state index contributed by atoms with van der Waals surface area (Å²) in [7, 11) is 3.60. The van der Waals surface area contributed by atoms with E-state index in [0.29, 0.717) is 55.7 Å². The van der Waals surface area contributed by atoms with Crippen LogP contribution >= 0.6 is 0 Å². The standard InChI is InChI=1S/C42H60N4O7/c1-22-11-9-13-24(3)42(52)45-36-35-34(43-19-17-28-15-16-29(46(28)7)18-20-44-35)32-31(41(53-8)27(6)39(50)33(32)40(36)51)30(47)14-10-12-23(2)37(48)26(5)38(49)25(4)21-22/h9,11,13,22-23,25-26,28-29,37-38,43,48-51H,10,12,14-21H2,1-8H3/b11-9+,24-13-,44-35?,45-36?/t22-,23+,25+,26-,28+,29-,37+,38+/m0/s1. The van der Waals surface area contributed by atoms with Crippen LogP contribution in [0.3, 0.4) is 0 Å². The maximum Gasteiger partial charge on any atom is 0.273 e. The summed E-state index contributed by atoms with van der Waals surface area (Å²) in [4.78, 5) is 40.1. The van der Waals surface area contributed by atoms with Gasteiger partial charge in [-0.05, 0) is 83.6 Å². The highest BCUT2D eigenvalue weighted by Gasteiger charge is 2.33. The molecule has 290 valence electrons. The second-order valence-electron chi connectivity index (χ2n) is 16.0. The van der Waals surface area contributed by atoms with Gasteiger partial charge < -0.3 is 35.4 Å². The summed E-state index contributed by atoms with van der Waals surface area (Å²) >= 11 is 0. The molecule has 5 N–H and O–H groups in total. The Kier molecular flexibility index (Phi) is 13.0. The minimum absolute atomic E-state index is 0.00591. The van der Waals surface area contributed by atoms with Crippen LogP contribution in [-0.4, -0.2) is 88.6 Å². The number of fused-ring (bicyclic) bond motifs is 2. The summed E-state index contributed by atoms with van der Waals surface area (Å²) in [5.74, 6) is -1.90. The summed E-state index contributed by atoms with van der Waals surface area (Å²) in [6.07, 6.45) is 9.47. The number of amides is 1. The third-order valence-electron chi connectivity index (χ3n) is 12.2. The molecule has 3 aliphatic rings. The Hall–Kier alpha value is -3.80. The van der Waals surface area contributed by atoms with Gasteiger partial charge in [-0.1, -0.05) is 45.9 Å². The number of phenolic OH excluding ortho intramolecular Hbond substituents is 2. The molecule has 1 saturated heterocycles. The first-order chi connectivity index (χ1) is 25.2. The zero-order valence-electron chi connectivity index (χ0n) is 32.8. The number of methoxy groups -OCH3 is 1. The van der Waals surface area contributed by atoms with Crippen LogP contribution in [0.25, 0.3) is 10.8 Å². The van der Waals surface area contributed by atoms with Crippen molar-refractivity contribution in [2.75, 3.05) is 32.6 Å². The maximum atomic E-state index is 14.5. The Morgan fingerprint density at radius 2 is 1.57 bits per heavy atom. The Balaban J connectivity index is 1.78. The van der Waals surface area contributed by atoms with Gasteiger partial charge in [0.05, 0.1) is 36.0 Å². The van der Waals surface area contributed by atoms with Crippen molar-refractivity contribution in [2.24, 2.45) is 33.7 Å². The normalized spacial score (nSPS) is 31.5. The van der Waals surface area contributed by atoms with Gasteiger partial charge >= 0.3 is 0 Å². The number of hydrogen-bond acceptors (Lipinski definition) is 10. The lowest BCUT2D eigenvalue weighted by Gasteiger charge is -2.32. The first-order valence-corrected chi connectivity index (χ1v) is 19.4. The number of benzene rings is 2. The van der Waals surface area contributed by atoms with Crippen LogP contribution in [0.2, 0.25) is 0 Å². The minimum atomic E-state index is -0.773. The van der Waals surface area contributed by atoms with Crippen LogP contribution in [-0.2, 0) is 4.79 Å². The minimum Gasteiger partial charge on any atom is -0.507 e. The number of carbonyl (C=O) groups is 2. The summed E-state index contributed by atoms with van der Waals surface area (Å²) in [5, 5.41) is 50.3. The second-order valence-corrected chi connectivity index (χ2v) is 16.0.